The van der Waals surface area contributed by atoms with E-state index in [4.69, 9.17) is 0 Å². The zero-order chi connectivity index (χ0) is 9.26. The Bertz CT molecular complexity index is 313. The zero-order valence-electron chi connectivity index (χ0n) is 8.20. The standard InChI is InChI=1S/C12H15N/c1-9-8-13-12(10(9)2)11-6-4-3-5-7-11/h3-7,9-10H,8H2,1-2H3/t9-,10-/m1/s1. The Morgan fingerprint density at radius 2 is 1.85 bits per heavy atom. The first-order valence-electron chi connectivity index (χ1n) is 4.89. The third kappa shape index (κ3) is 1.51. The smallest absolute Gasteiger partial charge is 0.0452 e. The fraction of sp³-hybridized carbons (Fsp3) is 0.417. The normalized spacial score (nSPS) is 27.4. The summed E-state index contributed by atoms with van der Waals surface area (Å²) in [5, 5.41) is 0. The summed E-state index contributed by atoms with van der Waals surface area (Å²) < 4.78 is 0. The highest BCUT2D eigenvalue weighted by Crippen LogP contribution is 2.24. The molecule has 0 radical (unpaired) electrons. The average Bonchev–Trinajstić information content (AvgIpc) is 2.49. The van der Waals surface area contributed by atoms with Crippen LogP contribution >= 0.6 is 0 Å². The number of benzene rings is 1. The molecule has 2 rings (SSSR count). The third-order valence-electron chi connectivity index (χ3n) is 2.90. The molecule has 0 bridgehead atoms. The summed E-state index contributed by atoms with van der Waals surface area (Å²) in [6.07, 6.45) is 0. The van der Waals surface area contributed by atoms with Gasteiger partial charge in [0.25, 0.3) is 0 Å². The molecular weight excluding hydrogens is 158 g/mol. The number of nitrogens with zero attached hydrogens (tertiary/aromatic N) is 1. The van der Waals surface area contributed by atoms with Crippen LogP contribution in [0.5, 0.6) is 0 Å². The summed E-state index contributed by atoms with van der Waals surface area (Å²) >= 11 is 0. The van der Waals surface area contributed by atoms with Crippen LogP contribution < -0.4 is 0 Å². The highest BCUT2D eigenvalue weighted by atomic mass is 14.8. The van der Waals surface area contributed by atoms with E-state index in [1.54, 1.807) is 0 Å². The lowest BCUT2D eigenvalue weighted by molar-refractivity contribution is 0.534. The van der Waals surface area contributed by atoms with Gasteiger partial charge < -0.3 is 0 Å². The molecule has 0 unspecified atom stereocenters. The Kier molecular flexibility index (Phi) is 2.17. The highest BCUT2D eigenvalue weighted by molar-refractivity contribution is 6.03. The van der Waals surface area contributed by atoms with Crippen LogP contribution in [0.1, 0.15) is 19.4 Å². The van der Waals surface area contributed by atoms with Crippen molar-refractivity contribution in [1.29, 1.82) is 0 Å². The molecule has 0 amide bonds. The topological polar surface area (TPSA) is 12.4 Å². The monoisotopic (exact) mass is 173 g/mol. The molecule has 1 aromatic carbocycles. The molecule has 1 nitrogen and oxygen atoms in total. The minimum Gasteiger partial charge on any atom is -0.289 e. The van der Waals surface area contributed by atoms with Crippen molar-refractivity contribution in [3.05, 3.63) is 35.9 Å². The van der Waals surface area contributed by atoms with Crippen LogP contribution in [-0.2, 0) is 0 Å². The Morgan fingerprint density at radius 1 is 1.15 bits per heavy atom. The predicted octanol–water partition coefficient (Wildman–Crippen LogP) is 2.76. The molecule has 0 saturated carbocycles. The summed E-state index contributed by atoms with van der Waals surface area (Å²) in [5.41, 5.74) is 2.58. The maximum Gasteiger partial charge on any atom is 0.0452 e. The van der Waals surface area contributed by atoms with E-state index in [1.165, 1.54) is 11.3 Å². The van der Waals surface area contributed by atoms with Crippen molar-refractivity contribution in [1.82, 2.24) is 0 Å². The maximum absolute atomic E-state index is 4.58. The molecule has 1 aliphatic heterocycles. The molecule has 0 N–H and O–H groups in total. The minimum atomic E-state index is 0.613. The minimum absolute atomic E-state index is 0.613. The van der Waals surface area contributed by atoms with E-state index in [2.05, 4.69) is 43.1 Å². The second-order valence-corrected chi connectivity index (χ2v) is 3.86. The van der Waals surface area contributed by atoms with E-state index in [1.807, 2.05) is 6.07 Å². The molecule has 2 atom stereocenters. The Balaban J connectivity index is 2.29. The van der Waals surface area contributed by atoms with Gasteiger partial charge in [0.15, 0.2) is 0 Å². The van der Waals surface area contributed by atoms with E-state index in [0.717, 1.165) is 6.54 Å². The van der Waals surface area contributed by atoms with Gasteiger partial charge in [-0.1, -0.05) is 44.2 Å². The second kappa shape index (κ2) is 3.33. The van der Waals surface area contributed by atoms with Crippen LogP contribution in [0.3, 0.4) is 0 Å². The van der Waals surface area contributed by atoms with Gasteiger partial charge in [0.05, 0.1) is 0 Å². The number of hydrogen-bond acceptors (Lipinski definition) is 1. The molecule has 1 aliphatic rings. The molecule has 0 aromatic heterocycles. The molecule has 0 fully saturated rings. The van der Waals surface area contributed by atoms with Gasteiger partial charge in [-0.3, -0.25) is 4.99 Å². The van der Waals surface area contributed by atoms with Gasteiger partial charge in [-0.2, -0.15) is 0 Å². The molecular formula is C12H15N. The molecule has 0 aliphatic carbocycles. The summed E-state index contributed by atoms with van der Waals surface area (Å²) in [6.45, 7) is 5.53. The van der Waals surface area contributed by atoms with Crippen LogP contribution in [0.25, 0.3) is 0 Å². The van der Waals surface area contributed by atoms with Gasteiger partial charge in [-0.25, -0.2) is 0 Å². The number of rotatable bonds is 1. The van der Waals surface area contributed by atoms with Gasteiger partial charge in [0.1, 0.15) is 0 Å². The molecule has 0 spiro atoms. The lowest BCUT2D eigenvalue weighted by Crippen LogP contribution is -2.13. The lowest BCUT2D eigenvalue weighted by atomic mass is 9.91. The van der Waals surface area contributed by atoms with Crippen molar-refractivity contribution in [2.75, 3.05) is 6.54 Å². The van der Waals surface area contributed by atoms with Gasteiger partial charge in [0, 0.05) is 18.2 Å². The van der Waals surface area contributed by atoms with Crippen LogP contribution in [0.4, 0.5) is 0 Å². The van der Waals surface area contributed by atoms with Crippen LogP contribution in [0, 0.1) is 11.8 Å². The van der Waals surface area contributed by atoms with Crippen LogP contribution in [0.2, 0.25) is 0 Å². The van der Waals surface area contributed by atoms with E-state index >= 15 is 0 Å². The Labute approximate surface area is 79.5 Å². The van der Waals surface area contributed by atoms with Gasteiger partial charge in [0.2, 0.25) is 0 Å². The SMILES string of the molecule is C[C@@H]1CN=C(c2ccccc2)[C@@H]1C. The van der Waals surface area contributed by atoms with Crippen molar-refractivity contribution in [3.63, 3.8) is 0 Å². The van der Waals surface area contributed by atoms with Crippen molar-refractivity contribution in [3.8, 4) is 0 Å². The largest absolute Gasteiger partial charge is 0.289 e. The van der Waals surface area contributed by atoms with E-state index in [9.17, 15) is 0 Å². The molecule has 0 saturated heterocycles. The van der Waals surface area contributed by atoms with E-state index in [-0.39, 0.29) is 0 Å². The number of aliphatic imine (C=N–C) groups is 1. The van der Waals surface area contributed by atoms with Gasteiger partial charge in [-0.05, 0) is 11.5 Å². The van der Waals surface area contributed by atoms with Gasteiger partial charge in [-0.15, -0.1) is 0 Å². The van der Waals surface area contributed by atoms with Crippen molar-refractivity contribution >= 4 is 5.71 Å². The second-order valence-electron chi connectivity index (χ2n) is 3.86. The van der Waals surface area contributed by atoms with E-state index < -0.39 is 0 Å². The summed E-state index contributed by atoms with van der Waals surface area (Å²) in [5.74, 6) is 1.32. The number of hydrogen-bond donors (Lipinski definition) is 0. The van der Waals surface area contributed by atoms with Crippen molar-refractivity contribution in [2.45, 2.75) is 13.8 Å². The fourth-order valence-electron chi connectivity index (χ4n) is 1.78. The molecule has 68 valence electrons. The molecule has 1 heteroatoms. The summed E-state index contributed by atoms with van der Waals surface area (Å²) in [4.78, 5) is 4.58. The molecule has 1 aromatic rings. The first kappa shape index (κ1) is 8.49. The Hall–Kier alpha value is -1.11. The summed E-state index contributed by atoms with van der Waals surface area (Å²) in [6, 6.07) is 10.5. The third-order valence-corrected chi connectivity index (χ3v) is 2.90. The zero-order valence-corrected chi connectivity index (χ0v) is 8.20. The van der Waals surface area contributed by atoms with Crippen molar-refractivity contribution < 1.29 is 0 Å². The highest BCUT2D eigenvalue weighted by Gasteiger charge is 2.24. The molecule has 1 heterocycles. The molecule has 13 heavy (non-hydrogen) atoms. The van der Waals surface area contributed by atoms with Crippen molar-refractivity contribution in [2.24, 2.45) is 16.8 Å². The predicted molar refractivity (Wildman–Crippen MR) is 56.2 cm³/mol. The fourth-order valence-corrected chi connectivity index (χ4v) is 1.78. The Morgan fingerprint density at radius 3 is 2.38 bits per heavy atom. The van der Waals surface area contributed by atoms with Crippen LogP contribution in [0.15, 0.2) is 35.3 Å². The maximum atomic E-state index is 4.58. The van der Waals surface area contributed by atoms with Crippen LogP contribution in [-0.4, -0.2) is 12.3 Å². The summed E-state index contributed by atoms with van der Waals surface area (Å²) in [7, 11) is 0. The lowest BCUT2D eigenvalue weighted by Gasteiger charge is -2.11. The first-order valence-corrected chi connectivity index (χ1v) is 4.89. The first-order chi connectivity index (χ1) is 6.29. The van der Waals surface area contributed by atoms with E-state index in [0.29, 0.717) is 11.8 Å². The van der Waals surface area contributed by atoms with Gasteiger partial charge >= 0.3 is 0 Å². The average molecular weight is 173 g/mol. The quantitative estimate of drug-likeness (QED) is 0.619.